The van der Waals surface area contributed by atoms with Gasteiger partial charge in [-0.1, -0.05) is 29.3 Å². The molecule has 0 spiro atoms. The maximum absolute atomic E-state index is 11.7. The zero-order valence-electron chi connectivity index (χ0n) is 11.4. The summed E-state index contributed by atoms with van der Waals surface area (Å²) in [6.07, 6.45) is 4.53. The Hall–Kier alpha value is -0.770. The summed E-state index contributed by atoms with van der Waals surface area (Å²) in [6, 6.07) is 5.70. The van der Waals surface area contributed by atoms with E-state index >= 15 is 0 Å². The molecule has 1 fully saturated rings. The Morgan fingerprint density at radius 2 is 2.10 bits per heavy atom. The first-order valence-corrected chi connectivity index (χ1v) is 7.78. The van der Waals surface area contributed by atoms with Gasteiger partial charge >= 0.3 is 0 Å². The van der Waals surface area contributed by atoms with Crippen LogP contribution in [-0.4, -0.2) is 18.5 Å². The van der Waals surface area contributed by atoms with E-state index in [4.69, 9.17) is 28.9 Å². The molecule has 1 aliphatic carbocycles. The van der Waals surface area contributed by atoms with E-state index in [-0.39, 0.29) is 11.9 Å². The van der Waals surface area contributed by atoms with E-state index in [1.54, 1.807) is 6.07 Å². The number of nitrogens with one attached hydrogen (secondary N) is 1. The predicted octanol–water partition coefficient (Wildman–Crippen LogP) is 3.17. The van der Waals surface area contributed by atoms with Crippen molar-refractivity contribution in [1.82, 2.24) is 5.32 Å². The lowest BCUT2D eigenvalue weighted by atomic mass is 10.1. The molecule has 2 rings (SSSR count). The summed E-state index contributed by atoms with van der Waals surface area (Å²) >= 11 is 11.8. The van der Waals surface area contributed by atoms with Crippen LogP contribution in [0, 0.1) is 5.92 Å². The minimum absolute atomic E-state index is 0.0705. The summed E-state index contributed by atoms with van der Waals surface area (Å²) in [7, 11) is 0. The second-order valence-corrected chi connectivity index (χ2v) is 6.22. The van der Waals surface area contributed by atoms with Crippen molar-refractivity contribution in [2.24, 2.45) is 11.7 Å². The maximum atomic E-state index is 11.7. The summed E-state index contributed by atoms with van der Waals surface area (Å²) in [5, 5.41) is 4.02. The number of nitrogens with two attached hydrogens (primary N) is 1. The molecule has 1 atom stereocenters. The summed E-state index contributed by atoms with van der Waals surface area (Å²) < 4.78 is 0. The predicted molar refractivity (Wildman–Crippen MR) is 83.1 cm³/mol. The molecule has 1 saturated carbocycles. The van der Waals surface area contributed by atoms with Crippen LogP contribution >= 0.6 is 23.2 Å². The molecule has 0 aliphatic heterocycles. The fourth-order valence-electron chi connectivity index (χ4n) is 2.16. The molecule has 1 amide bonds. The smallest absolute Gasteiger partial charge is 0.220 e. The zero-order valence-corrected chi connectivity index (χ0v) is 12.9. The third kappa shape index (κ3) is 4.97. The summed E-state index contributed by atoms with van der Waals surface area (Å²) in [6.45, 7) is 0.594. The molecule has 0 heterocycles. The van der Waals surface area contributed by atoms with Gasteiger partial charge in [0.2, 0.25) is 5.91 Å². The third-order valence-corrected chi connectivity index (χ3v) is 4.35. The van der Waals surface area contributed by atoms with Crippen molar-refractivity contribution in [2.75, 3.05) is 6.54 Å². The van der Waals surface area contributed by atoms with Crippen molar-refractivity contribution < 1.29 is 4.79 Å². The number of hydrogen-bond acceptors (Lipinski definition) is 2. The number of hydrogen-bond donors (Lipinski definition) is 2. The molecule has 0 saturated heterocycles. The van der Waals surface area contributed by atoms with E-state index in [1.165, 1.54) is 12.8 Å². The minimum Gasteiger partial charge on any atom is -0.355 e. The second kappa shape index (κ2) is 7.30. The van der Waals surface area contributed by atoms with Crippen molar-refractivity contribution in [3.63, 3.8) is 0 Å². The molecule has 0 radical (unpaired) electrons. The van der Waals surface area contributed by atoms with Gasteiger partial charge in [0.25, 0.3) is 0 Å². The molecule has 20 heavy (non-hydrogen) atoms. The molecule has 0 bridgehead atoms. The van der Waals surface area contributed by atoms with Crippen molar-refractivity contribution in [1.29, 1.82) is 0 Å². The highest BCUT2D eigenvalue weighted by molar-refractivity contribution is 6.42. The minimum atomic E-state index is 0.0705. The summed E-state index contributed by atoms with van der Waals surface area (Å²) in [5.41, 5.74) is 7.03. The van der Waals surface area contributed by atoms with Gasteiger partial charge in [-0.3, -0.25) is 4.79 Å². The van der Waals surface area contributed by atoms with Crippen LogP contribution in [-0.2, 0) is 11.2 Å². The van der Waals surface area contributed by atoms with Gasteiger partial charge in [0.05, 0.1) is 10.0 Å². The third-order valence-electron chi connectivity index (χ3n) is 3.62. The van der Waals surface area contributed by atoms with E-state index < -0.39 is 0 Å². The van der Waals surface area contributed by atoms with E-state index in [0.717, 1.165) is 18.4 Å². The van der Waals surface area contributed by atoms with Crippen LogP contribution in [0.2, 0.25) is 10.0 Å². The number of amides is 1. The Kier molecular flexibility index (Phi) is 5.70. The van der Waals surface area contributed by atoms with Gasteiger partial charge in [0.1, 0.15) is 0 Å². The lowest BCUT2D eigenvalue weighted by molar-refractivity contribution is -0.121. The SMILES string of the molecule is NC(CNC(=O)CCCc1ccc(Cl)c(Cl)c1)C1CC1. The molecule has 3 N–H and O–H groups in total. The van der Waals surface area contributed by atoms with E-state index in [1.807, 2.05) is 12.1 Å². The van der Waals surface area contributed by atoms with Crippen molar-refractivity contribution in [3.05, 3.63) is 33.8 Å². The van der Waals surface area contributed by atoms with Gasteiger partial charge in [-0.05, 0) is 49.3 Å². The summed E-state index contributed by atoms with van der Waals surface area (Å²) in [5.74, 6) is 0.688. The van der Waals surface area contributed by atoms with E-state index in [9.17, 15) is 4.79 Å². The van der Waals surface area contributed by atoms with E-state index in [0.29, 0.717) is 28.9 Å². The van der Waals surface area contributed by atoms with Gasteiger partial charge in [-0.15, -0.1) is 0 Å². The molecule has 1 aliphatic rings. The molecule has 0 aromatic heterocycles. The second-order valence-electron chi connectivity index (χ2n) is 5.41. The topological polar surface area (TPSA) is 55.1 Å². The molecule has 110 valence electrons. The first-order chi connectivity index (χ1) is 9.56. The normalized spacial score (nSPS) is 15.9. The van der Waals surface area contributed by atoms with Crippen molar-refractivity contribution in [3.8, 4) is 0 Å². The number of carbonyl (C=O) groups is 1. The van der Waals surface area contributed by atoms with E-state index in [2.05, 4.69) is 5.32 Å². The Balaban J connectivity index is 1.64. The molecular weight excluding hydrogens is 295 g/mol. The number of rotatable bonds is 7. The van der Waals surface area contributed by atoms with Gasteiger partial charge < -0.3 is 11.1 Å². The van der Waals surface area contributed by atoms with Gasteiger partial charge in [-0.25, -0.2) is 0 Å². The highest BCUT2D eigenvalue weighted by atomic mass is 35.5. The average Bonchev–Trinajstić information content (AvgIpc) is 3.24. The van der Waals surface area contributed by atoms with Gasteiger partial charge in [0, 0.05) is 19.0 Å². The first kappa shape index (κ1) is 15.6. The average molecular weight is 315 g/mol. The van der Waals surface area contributed by atoms with Gasteiger partial charge in [0.15, 0.2) is 0 Å². The van der Waals surface area contributed by atoms with Crippen LogP contribution in [0.25, 0.3) is 0 Å². The number of benzene rings is 1. The molecular formula is C15H20Cl2N2O. The maximum Gasteiger partial charge on any atom is 0.220 e. The lowest BCUT2D eigenvalue weighted by Crippen LogP contribution is -2.38. The fourth-order valence-corrected chi connectivity index (χ4v) is 2.48. The zero-order chi connectivity index (χ0) is 14.5. The molecule has 1 aromatic carbocycles. The first-order valence-electron chi connectivity index (χ1n) is 7.02. The highest BCUT2D eigenvalue weighted by Gasteiger charge is 2.28. The van der Waals surface area contributed by atoms with Crippen LogP contribution in [0.4, 0.5) is 0 Å². The van der Waals surface area contributed by atoms with Crippen molar-refractivity contribution >= 4 is 29.1 Å². The largest absolute Gasteiger partial charge is 0.355 e. The van der Waals surface area contributed by atoms with Crippen LogP contribution in [0.5, 0.6) is 0 Å². The van der Waals surface area contributed by atoms with Crippen LogP contribution in [0.3, 0.4) is 0 Å². The van der Waals surface area contributed by atoms with Crippen molar-refractivity contribution in [2.45, 2.75) is 38.1 Å². The lowest BCUT2D eigenvalue weighted by Gasteiger charge is -2.11. The fraction of sp³-hybridized carbons (Fsp3) is 0.533. The Morgan fingerprint density at radius 1 is 1.35 bits per heavy atom. The standard InChI is InChI=1S/C15H20Cl2N2O/c16-12-7-4-10(8-13(12)17)2-1-3-15(20)19-9-14(18)11-5-6-11/h4,7-8,11,14H,1-3,5-6,9,18H2,(H,19,20). The monoisotopic (exact) mass is 314 g/mol. The Bertz CT molecular complexity index is 475. The van der Waals surface area contributed by atoms with Gasteiger partial charge in [-0.2, -0.15) is 0 Å². The van der Waals surface area contributed by atoms with Crippen LogP contribution in [0.1, 0.15) is 31.2 Å². The Labute approximate surface area is 129 Å². The number of aryl methyl sites for hydroxylation is 1. The Morgan fingerprint density at radius 3 is 2.75 bits per heavy atom. The molecule has 1 unspecified atom stereocenters. The van der Waals surface area contributed by atoms with Crippen LogP contribution < -0.4 is 11.1 Å². The van der Waals surface area contributed by atoms with Crippen LogP contribution in [0.15, 0.2) is 18.2 Å². The number of halogens is 2. The number of carbonyl (C=O) groups excluding carboxylic acids is 1. The highest BCUT2D eigenvalue weighted by Crippen LogP contribution is 2.31. The molecule has 3 nitrogen and oxygen atoms in total. The summed E-state index contributed by atoms with van der Waals surface area (Å²) in [4.78, 5) is 11.7. The quantitative estimate of drug-likeness (QED) is 0.812. The molecule has 5 heteroatoms. The molecule has 1 aromatic rings.